The Morgan fingerprint density at radius 2 is 1.68 bits per heavy atom. The molecular weight excluding hydrogens is 610 g/mol. The number of benzene rings is 3. The SMILES string of the molecule is CC(=O)Oc1ccc2c(c1)C(=O)c1c(CC3=CCN=C3)c(OC3OC(C)C(O)C(O)C3O)c(Cc3cccc(CO)c3)c(O)c1C2=O. The molecule has 0 spiro atoms. The zero-order chi connectivity index (χ0) is 33.6. The van der Waals surface area contributed by atoms with Crippen molar-refractivity contribution in [3.05, 3.63) is 98.6 Å². The summed E-state index contributed by atoms with van der Waals surface area (Å²) in [5.74, 6) is -2.46. The van der Waals surface area contributed by atoms with Crippen LogP contribution in [-0.4, -0.2) is 86.5 Å². The summed E-state index contributed by atoms with van der Waals surface area (Å²) in [5.41, 5.74) is 1.74. The summed E-state index contributed by atoms with van der Waals surface area (Å²) in [7, 11) is 0. The molecule has 0 radical (unpaired) electrons. The number of hydrogen-bond donors (Lipinski definition) is 5. The Bertz CT molecular complexity index is 1850. The lowest BCUT2D eigenvalue weighted by Gasteiger charge is -2.39. The number of phenolic OH excluding ortho intramolecular Hbond substituents is 1. The number of nitrogens with zero attached hydrogens (tertiary/aromatic N) is 1. The summed E-state index contributed by atoms with van der Waals surface area (Å²) in [6, 6.07) is 10.9. The van der Waals surface area contributed by atoms with Gasteiger partial charge in [0.05, 0.1) is 24.8 Å². The molecule has 5 N–H and O–H groups in total. The Kier molecular flexibility index (Phi) is 8.79. The van der Waals surface area contributed by atoms with Gasteiger partial charge in [0, 0.05) is 53.8 Å². The Morgan fingerprint density at radius 1 is 0.936 bits per heavy atom. The van der Waals surface area contributed by atoms with Gasteiger partial charge in [-0.25, -0.2) is 0 Å². The van der Waals surface area contributed by atoms with Crippen molar-refractivity contribution < 1.29 is 54.1 Å². The van der Waals surface area contributed by atoms with Crippen LogP contribution >= 0.6 is 0 Å². The summed E-state index contributed by atoms with van der Waals surface area (Å²) in [5, 5.41) is 53.4. The van der Waals surface area contributed by atoms with Gasteiger partial charge in [0.25, 0.3) is 0 Å². The normalized spacial score (nSPS) is 23.3. The Morgan fingerprint density at radius 3 is 2.38 bits per heavy atom. The van der Waals surface area contributed by atoms with E-state index in [0.717, 1.165) is 0 Å². The van der Waals surface area contributed by atoms with Gasteiger partial charge in [-0.05, 0) is 41.8 Å². The molecule has 0 saturated carbocycles. The molecule has 0 aromatic heterocycles. The molecule has 1 fully saturated rings. The molecule has 3 aromatic carbocycles. The first-order chi connectivity index (χ1) is 22.5. The van der Waals surface area contributed by atoms with Crippen molar-refractivity contribution >= 4 is 23.8 Å². The van der Waals surface area contributed by atoms with Crippen molar-refractivity contribution in [2.75, 3.05) is 6.54 Å². The Labute approximate surface area is 269 Å². The zero-order valence-corrected chi connectivity index (χ0v) is 25.5. The van der Waals surface area contributed by atoms with Gasteiger partial charge >= 0.3 is 5.97 Å². The smallest absolute Gasteiger partial charge is 0.308 e. The Balaban J connectivity index is 1.60. The van der Waals surface area contributed by atoms with E-state index >= 15 is 0 Å². The lowest BCUT2D eigenvalue weighted by atomic mass is 9.77. The molecule has 1 saturated heterocycles. The number of aliphatic imine (C=N–C) groups is 1. The third-order valence-corrected chi connectivity index (χ3v) is 8.51. The molecule has 1 aliphatic carbocycles. The number of rotatable bonds is 8. The van der Waals surface area contributed by atoms with Crippen molar-refractivity contribution in [2.24, 2.45) is 4.99 Å². The molecule has 12 heteroatoms. The average molecular weight is 644 g/mol. The second-order valence-electron chi connectivity index (χ2n) is 11.7. The van der Waals surface area contributed by atoms with Gasteiger partial charge in [-0.1, -0.05) is 30.3 Å². The van der Waals surface area contributed by atoms with E-state index in [1.165, 1.54) is 32.0 Å². The van der Waals surface area contributed by atoms with Crippen LogP contribution in [0.4, 0.5) is 0 Å². The fourth-order valence-corrected chi connectivity index (χ4v) is 6.16. The molecule has 3 aromatic rings. The highest BCUT2D eigenvalue weighted by atomic mass is 16.7. The van der Waals surface area contributed by atoms with Crippen molar-refractivity contribution in [2.45, 2.75) is 64.0 Å². The number of aliphatic hydroxyl groups excluding tert-OH is 4. The van der Waals surface area contributed by atoms with Crippen LogP contribution in [0.15, 0.2) is 59.1 Å². The average Bonchev–Trinajstić information content (AvgIpc) is 3.57. The lowest BCUT2D eigenvalue weighted by molar-refractivity contribution is -0.268. The maximum Gasteiger partial charge on any atom is 0.308 e. The summed E-state index contributed by atoms with van der Waals surface area (Å²) in [4.78, 5) is 44.4. The minimum atomic E-state index is -1.73. The van der Waals surface area contributed by atoms with E-state index in [-0.39, 0.29) is 64.3 Å². The molecule has 2 aliphatic heterocycles. The second-order valence-corrected chi connectivity index (χ2v) is 11.7. The maximum atomic E-state index is 14.4. The molecular formula is C35H33NO11. The van der Waals surface area contributed by atoms with E-state index in [0.29, 0.717) is 23.2 Å². The number of aliphatic hydroxyl groups is 4. The summed E-state index contributed by atoms with van der Waals surface area (Å²) < 4.78 is 17.2. The van der Waals surface area contributed by atoms with Gasteiger partial charge < -0.3 is 39.7 Å². The highest BCUT2D eigenvalue weighted by molar-refractivity contribution is 6.30. The van der Waals surface area contributed by atoms with E-state index in [2.05, 4.69) is 4.99 Å². The van der Waals surface area contributed by atoms with Crippen molar-refractivity contribution in [1.29, 1.82) is 0 Å². The Hall–Kier alpha value is -4.72. The van der Waals surface area contributed by atoms with Gasteiger partial charge in [0.1, 0.15) is 35.6 Å². The fraction of sp³-hybridized carbons (Fsp3) is 0.314. The van der Waals surface area contributed by atoms with Crippen LogP contribution in [0.25, 0.3) is 0 Å². The minimum Gasteiger partial charge on any atom is -0.507 e. The monoisotopic (exact) mass is 643 g/mol. The van der Waals surface area contributed by atoms with Crippen LogP contribution < -0.4 is 9.47 Å². The van der Waals surface area contributed by atoms with Crippen LogP contribution in [0, 0.1) is 0 Å². The topological polar surface area (TPSA) is 192 Å². The predicted octanol–water partition coefficient (Wildman–Crippen LogP) is 1.94. The molecule has 47 heavy (non-hydrogen) atoms. The quantitative estimate of drug-likeness (QED) is 0.139. The molecule has 244 valence electrons. The highest BCUT2D eigenvalue weighted by Gasteiger charge is 2.45. The van der Waals surface area contributed by atoms with Crippen molar-refractivity contribution in [1.82, 2.24) is 0 Å². The number of fused-ring (bicyclic) bond motifs is 2. The summed E-state index contributed by atoms with van der Waals surface area (Å²) in [6.45, 7) is 2.84. The first kappa shape index (κ1) is 32.2. The van der Waals surface area contributed by atoms with E-state index in [9.17, 15) is 39.9 Å². The first-order valence-corrected chi connectivity index (χ1v) is 15.0. The van der Waals surface area contributed by atoms with E-state index in [1.807, 2.05) is 6.08 Å². The first-order valence-electron chi connectivity index (χ1n) is 15.0. The number of allylic oxidation sites excluding steroid dienone is 1. The van der Waals surface area contributed by atoms with Crippen molar-refractivity contribution in [3.63, 3.8) is 0 Å². The molecule has 3 aliphatic rings. The third-order valence-electron chi connectivity index (χ3n) is 8.51. The van der Waals surface area contributed by atoms with Gasteiger partial charge in [0.2, 0.25) is 6.29 Å². The van der Waals surface area contributed by atoms with Crippen LogP contribution in [0.3, 0.4) is 0 Å². The van der Waals surface area contributed by atoms with Gasteiger partial charge in [-0.15, -0.1) is 0 Å². The standard InChI is InChI=1S/C35H33NO11/c1-16-28(39)32(43)33(44)35(45-16)47-34-24(12-19-8-9-36-14-19)26-27(31(42)25(34)11-18-4-3-5-20(10-18)15-37)29(40)22-7-6-21(46-17(2)38)13-23(22)30(26)41/h3-8,10,13-14,16,28,32-33,35,37,39,42-44H,9,11-12,15H2,1-2H3. The number of esters is 1. The molecule has 2 heterocycles. The number of carbonyl (C=O) groups excluding carboxylic acids is 3. The highest BCUT2D eigenvalue weighted by Crippen LogP contribution is 2.46. The van der Waals surface area contributed by atoms with Crippen LogP contribution in [0.1, 0.15) is 67.9 Å². The molecule has 5 unspecified atom stereocenters. The van der Waals surface area contributed by atoms with Gasteiger partial charge in [0.15, 0.2) is 11.6 Å². The van der Waals surface area contributed by atoms with Crippen LogP contribution in [0.2, 0.25) is 0 Å². The predicted molar refractivity (Wildman–Crippen MR) is 166 cm³/mol. The molecule has 0 bridgehead atoms. The van der Waals surface area contributed by atoms with Gasteiger partial charge in [-0.3, -0.25) is 19.4 Å². The molecule has 12 nitrogen and oxygen atoms in total. The fourth-order valence-electron chi connectivity index (χ4n) is 6.16. The third kappa shape index (κ3) is 5.97. The van der Waals surface area contributed by atoms with Gasteiger partial charge in [-0.2, -0.15) is 0 Å². The molecule has 6 rings (SSSR count). The number of carbonyl (C=O) groups is 3. The maximum absolute atomic E-state index is 14.4. The number of ether oxygens (including phenoxy) is 3. The lowest BCUT2D eigenvalue weighted by Crippen LogP contribution is -2.58. The second kappa shape index (κ2) is 12.8. The van der Waals surface area contributed by atoms with E-state index in [4.69, 9.17) is 14.2 Å². The van der Waals surface area contributed by atoms with Crippen LogP contribution in [-0.2, 0) is 29.0 Å². The van der Waals surface area contributed by atoms with Crippen LogP contribution in [0.5, 0.6) is 17.2 Å². The number of aromatic hydroxyl groups is 1. The van der Waals surface area contributed by atoms with Crippen molar-refractivity contribution in [3.8, 4) is 17.2 Å². The summed E-state index contributed by atoms with van der Waals surface area (Å²) >= 11 is 0. The van der Waals surface area contributed by atoms with E-state index < -0.39 is 54.0 Å². The number of hydrogen-bond acceptors (Lipinski definition) is 12. The molecule has 5 atom stereocenters. The minimum absolute atomic E-state index is 0.000151. The summed E-state index contributed by atoms with van der Waals surface area (Å²) in [6.07, 6.45) is -3.87. The number of ketones is 2. The van der Waals surface area contributed by atoms with E-state index in [1.54, 1.807) is 30.5 Å². The molecule has 0 amide bonds. The number of phenols is 1. The largest absolute Gasteiger partial charge is 0.507 e. The zero-order valence-electron chi connectivity index (χ0n) is 25.5.